The second-order valence-electron chi connectivity index (χ2n) is 4.86. The summed E-state index contributed by atoms with van der Waals surface area (Å²) in [6.07, 6.45) is 0. The van der Waals surface area contributed by atoms with Gasteiger partial charge in [-0.15, -0.1) is 0 Å². The normalized spacial score (nSPS) is 14.6. The highest BCUT2D eigenvalue weighted by molar-refractivity contribution is 9.10. The molecule has 0 saturated carbocycles. The van der Waals surface area contributed by atoms with E-state index in [0.29, 0.717) is 10.7 Å². The van der Waals surface area contributed by atoms with Gasteiger partial charge in [-0.1, -0.05) is 50.7 Å². The van der Waals surface area contributed by atoms with E-state index in [1.54, 1.807) is 24.3 Å². The van der Waals surface area contributed by atoms with Gasteiger partial charge in [0.15, 0.2) is 0 Å². The van der Waals surface area contributed by atoms with E-state index in [1.807, 2.05) is 0 Å². The third-order valence-electron chi connectivity index (χ3n) is 3.29. The molecule has 3 rings (SSSR count). The van der Waals surface area contributed by atoms with E-state index in [0.717, 1.165) is 9.37 Å². The number of carbonyl (C=O) groups is 2. The topological polar surface area (TPSA) is 49.4 Å². The SMILES string of the molecule is O=C1C(Cl)=C(Nc2ccc(Br)cc2)C(=O)N1c1ccc(Cl)cc1Cl. The second kappa shape index (κ2) is 6.76. The maximum Gasteiger partial charge on any atom is 0.283 e. The Bertz CT molecular complexity index is 881. The van der Waals surface area contributed by atoms with E-state index >= 15 is 0 Å². The summed E-state index contributed by atoms with van der Waals surface area (Å²) in [5.41, 5.74) is 0.841. The first-order valence-electron chi connectivity index (χ1n) is 6.64. The van der Waals surface area contributed by atoms with Crippen LogP contribution in [0.3, 0.4) is 0 Å². The first-order chi connectivity index (χ1) is 11.4. The van der Waals surface area contributed by atoms with Crippen LogP contribution in [-0.4, -0.2) is 11.8 Å². The maximum absolute atomic E-state index is 12.6. The lowest BCUT2D eigenvalue weighted by atomic mass is 10.3. The maximum atomic E-state index is 12.6. The van der Waals surface area contributed by atoms with Gasteiger partial charge in [-0.25, -0.2) is 4.90 Å². The van der Waals surface area contributed by atoms with Gasteiger partial charge in [-0.05, 0) is 42.5 Å². The predicted octanol–water partition coefficient (Wildman–Crippen LogP) is 5.19. The molecule has 0 aliphatic carbocycles. The Hall–Kier alpha value is -1.53. The highest BCUT2D eigenvalue weighted by Crippen LogP contribution is 2.35. The lowest BCUT2D eigenvalue weighted by Gasteiger charge is -2.16. The number of amides is 2. The summed E-state index contributed by atoms with van der Waals surface area (Å²) < 4.78 is 0.886. The Balaban J connectivity index is 1.94. The Labute approximate surface area is 161 Å². The van der Waals surface area contributed by atoms with E-state index < -0.39 is 11.8 Å². The molecule has 0 saturated heterocycles. The molecule has 1 heterocycles. The summed E-state index contributed by atoms with van der Waals surface area (Å²) in [5.74, 6) is -1.23. The molecule has 2 aromatic rings. The lowest BCUT2D eigenvalue weighted by molar-refractivity contribution is -0.120. The van der Waals surface area contributed by atoms with Crippen LogP contribution in [0.2, 0.25) is 10.0 Å². The Morgan fingerprint density at radius 1 is 0.917 bits per heavy atom. The van der Waals surface area contributed by atoms with Gasteiger partial charge in [0, 0.05) is 15.2 Å². The van der Waals surface area contributed by atoms with Crippen LogP contribution in [0.1, 0.15) is 0 Å². The van der Waals surface area contributed by atoms with Crippen LogP contribution in [0.5, 0.6) is 0 Å². The third kappa shape index (κ3) is 3.17. The molecule has 4 nitrogen and oxygen atoms in total. The average molecular weight is 447 g/mol. The molecule has 8 heteroatoms. The highest BCUT2D eigenvalue weighted by Gasteiger charge is 2.39. The van der Waals surface area contributed by atoms with Crippen LogP contribution in [0, 0.1) is 0 Å². The minimum Gasteiger partial charge on any atom is -0.350 e. The van der Waals surface area contributed by atoms with Crippen molar-refractivity contribution in [3.05, 3.63) is 67.7 Å². The Morgan fingerprint density at radius 2 is 1.58 bits per heavy atom. The zero-order valence-corrected chi connectivity index (χ0v) is 15.7. The molecular weight excluding hydrogens is 438 g/mol. The number of hydrogen-bond acceptors (Lipinski definition) is 3. The number of anilines is 2. The Morgan fingerprint density at radius 3 is 2.21 bits per heavy atom. The van der Waals surface area contributed by atoms with Crippen LogP contribution in [0.25, 0.3) is 0 Å². The number of carbonyl (C=O) groups excluding carboxylic acids is 2. The van der Waals surface area contributed by atoms with Gasteiger partial charge < -0.3 is 5.32 Å². The summed E-state index contributed by atoms with van der Waals surface area (Å²) in [4.78, 5) is 25.9. The van der Waals surface area contributed by atoms with Crippen LogP contribution < -0.4 is 10.2 Å². The summed E-state index contributed by atoms with van der Waals surface area (Å²) in [7, 11) is 0. The number of imide groups is 1. The fourth-order valence-electron chi connectivity index (χ4n) is 2.17. The molecule has 0 spiro atoms. The summed E-state index contributed by atoms with van der Waals surface area (Å²) >= 11 is 21.3. The van der Waals surface area contributed by atoms with Crippen LogP contribution >= 0.6 is 50.7 Å². The number of halogens is 4. The molecule has 1 aliphatic rings. The van der Waals surface area contributed by atoms with Gasteiger partial charge >= 0.3 is 0 Å². The summed E-state index contributed by atoms with van der Waals surface area (Å²) in [6, 6.07) is 11.6. The lowest BCUT2D eigenvalue weighted by Crippen LogP contribution is -2.32. The van der Waals surface area contributed by atoms with E-state index in [9.17, 15) is 9.59 Å². The molecule has 0 unspecified atom stereocenters. The molecule has 1 N–H and O–H groups in total. The predicted molar refractivity (Wildman–Crippen MR) is 99.6 cm³/mol. The standard InChI is InChI=1S/C16H8BrCl3N2O2/c17-8-1-4-10(5-2-8)21-14-13(20)15(23)22(16(14)24)12-6-3-9(18)7-11(12)19/h1-7,21H. The minimum absolute atomic E-state index is 0.00462. The number of hydrogen-bond donors (Lipinski definition) is 1. The van der Waals surface area contributed by atoms with E-state index in [-0.39, 0.29) is 21.4 Å². The molecule has 122 valence electrons. The van der Waals surface area contributed by atoms with Crippen molar-refractivity contribution in [1.29, 1.82) is 0 Å². The van der Waals surface area contributed by atoms with E-state index in [4.69, 9.17) is 34.8 Å². The van der Waals surface area contributed by atoms with Gasteiger partial charge in [0.05, 0.1) is 10.7 Å². The van der Waals surface area contributed by atoms with Gasteiger partial charge in [0.25, 0.3) is 11.8 Å². The molecular formula is C16H8BrCl3N2O2. The van der Waals surface area contributed by atoms with E-state index in [1.165, 1.54) is 18.2 Å². The number of benzene rings is 2. The summed E-state index contributed by atoms with van der Waals surface area (Å²) in [6.45, 7) is 0. The first kappa shape index (κ1) is 17.3. The van der Waals surface area contributed by atoms with Crippen molar-refractivity contribution in [1.82, 2.24) is 0 Å². The summed E-state index contributed by atoms with van der Waals surface area (Å²) in [5, 5.41) is 3.25. The molecule has 0 radical (unpaired) electrons. The quantitative estimate of drug-likeness (QED) is 0.660. The fraction of sp³-hybridized carbons (Fsp3) is 0. The molecule has 0 bridgehead atoms. The van der Waals surface area contributed by atoms with Crippen molar-refractivity contribution in [2.75, 3.05) is 10.2 Å². The molecule has 1 aliphatic heterocycles. The molecule has 2 aromatic carbocycles. The molecule has 0 fully saturated rings. The Kier molecular flexibility index (Phi) is 4.88. The minimum atomic E-state index is -0.648. The van der Waals surface area contributed by atoms with Crippen LogP contribution in [0.15, 0.2) is 57.7 Å². The smallest absolute Gasteiger partial charge is 0.283 e. The zero-order valence-electron chi connectivity index (χ0n) is 11.8. The zero-order chi connectivity index (χ0) is 17.4. The molecule has 24 heavy (non-hydrogen) atoms. The van der Waals surface area contributed by atoms with Crippen molar-refractivity contribution in [2.45, 2.75) is 0 Å². The number of nitrogens with one attached hydrogen (secondary N) is 1. The van der Waals surface area contributed by atoms with Crippen molar-refractivity contribution < 1.29 is 9.59 Å². The van der Waals surface area contributed by atoms with Crippen molar-refractivity contribution in [2.24, 2.45) is 0 Å². The average Bonchev–Trinajstić information content (AvgIpc) is 2.74. The van der Waals surface area contributed by atoms with Crippen molar-refractivity contribution >= 4 is 73.9 Å². The first-order valence-corrected chi connectivity index (χ1v) is 8.57. The van der Waals surface area contributed by atoms with Crippen molar-refractivity contribution in [3.8, 4) is 0 Å². The van der Waals surface area contributed by atoms with Gasteiger partial charge in [0.2, 0.25) is 0 Å². The number of nitrogens with zero attached hydrogens (tertiary/aromatic N) is 1. The molecule has 0 aromatic heterocycles. The number of rotatable bonds is 3. The van der Waals surface area contributed by atoms with Crippen LogP contribution in [-0.2, 0) is 9.59 Å². The monoisotopic (exact) mass is 444 g/mol. The third-order valence-corrected chi connectivity index (χ3v) is 4.71. The van der Waals surface area contributed by atoms with Gasteiger partial charge in [-0.3, -0.25) is 9.59 Å². The van der Waals surface area contributed by atoms with Gasteiger partial charge in [0.1, 0.15) is 10.7 Å². The fourth-order valence-corrected chi connectivity index (χ4v) is 3.14. The second-order valence-corrected chi connectivity index (χ2v) is 7.00. The highest BCUT2D eigenvalue weighted by atomic mass is 79.9. The molecule has 2 amide bonds. The van der Waals surface area contributed by atoms with Crippen LogP contribution in [0.4, 0.5) is 11.4 Å². The van der Waals surface area contributed by atoms with E-state index in [2.05, 4.69) is 21.2 Å². The van der Waals surface area contributed by atoms with Crippen molar-refractivity contribution in [3.63, 3.8) is 0 Å². The largest absolute Gasteiger partial charge is 0.350 e. The van der Waals surface area contributed by atoms with Gasteiger partial charge in [-0.2, -0.15) is 0 Å². The molecule has 0 atom stereocenters.